The molecular formula is C19H16N2O3S2. The molecule has 2 heterocycles. The van der Waals surface area contributed by atoms with Crippen molar-refractivity contribution in [3.8, 4) is 17.0 Å². The van der Waals surface area contributed by atoms with Crippen molar-refractivity contribution in [3.05, 3.63) is 66.0 Å². The van der Waals surface area contributed by atoms with E-state index in [0.717, 1.165) is 27.9 Å². The third-order valence-electron chi connectivity index (χ3n) is 4.03. The summed E-state index contributed by atoms with van der Waals surface area (Å²) < 4.78 is 32.8. The Kier molecular flexibility index (Phi) is 4.18. The Bertz CT molecular complexity index is 1150. The van der Waals surface area contributed by atoms with Crippen LogP contribution in [0.5, 0.6) is 5.75 Å². The lowest BCUT2D eigenvalue weighted by atomic mass is 10.1. The molecule has 4 aromatic rings. The first-order chi connectivity index (χ1) is 12.5. The Balaban J connectivity index is 1.65. The van der Waals surface area contributed by atoms with Crippen LogP contribution in [0.15, 0.2) is 70.3 Å². The molecule has 0 saturated heterocycles. The van der Waals surface area contributed by atoms with Gasteiger partial charge in [0.1, 0.15) is 9.96 Å². The second-order valence-electron chi connectivity index (χ2n) is 5.75. The van der Waals surface area contributed by atoms with Gasteiger partial charge in [-0.3, -0.25) is 4.72 Å². The van der Waals surface area contributed by atoms with Crippen molar-refractivity contribution in [2.24, 2.45) is 0 Å². The van der Waals surface area contributed by atoms with E-state index in [4.69, 9.17) is 4.74 Å². The molecule has 2 aromatic carbocycles. The zero-order valence-electron chi connectivity index (χ0n) is 13.9. The molecule has 5 nitrogen and oxygen atoms in total. The fourth-order valence-electron chi connectivity index (χ4n) is 2.74. The van der Waals surface area contributed by atoms with Crippen LogP contribution >= 0.6 is 11.3 Å². The Morgan fingerprint density at radius 2 is 1.85 bits per heavy atom. The number of fused-ring (bicyclic) bond motifs is 1. The Morgan fingerprint density at radius 3 is 2.54 bits per heavy atom. The normalized spacial score (nSPS) is 11.6. The minimum absolute atomic E-state index is 0.297. The monoisotopic (exact) mass is 384 g/mol. The predicted molar refractivity (Wildman–Crippen MR) is 105 cm³/mol. The number of methoxy groups -OCH3 is 1. The molecule has 0 amide bonds. The van der Waals surface area contributed by atoms with E-state index in [1.54, 1.807) is 30.7 Å². The summed E-state index contributed by atoms with van der Waals surface area (Å²) in [6, 6.07) is 18.5. The predicted octanol–water partition coefficient (Wildman–Crippen LogP) is 4.71. The first-order valence-electron chi connectivity index (χ1n) is 7.89. The third-order valence-corrected chi connectivity index (χ3v) is 6.81. The van der Waals surface area contributed by atoms with Gasteiger partial charge in [0.15, 0.2) is 0 Å². The number of nitrogens with one attached hydrogen (secondary N) is 2. The van der Waals surface area contributed by atoms with Gasteiger partial charge in [0.2, 0.25) is 0 Å². The second kappa shape index (κ2) is 6.51. The lowest BCUT2D eigenvalue weighted by Gasteiger charge is -2.06. The van der Waals surface area contributed by atoms with E-state index in [9.17, 15) is 8.42 Å². The number of hydrogen-bond acceptors (Lipinski definition) is 4. The van der Waals surface area contributed by atoms with Gasteiger partial charge < -0.3 is 9.72 Å². The van der Waals surface area contributed by atoms with Gasteiger partial charge in [-0.15, -0.1) is 11.3 Å². The number of sulfonamides is 1. The largest absolute Gasteiger partial charge is 0.497 e. The van der Waals surface area contributed by atoms with Crippen molar-refractivity contribution in [1.29, 1.82) is 0 Å². The molecule has 0 unspecified atom stereocenters. The minimum Gasteiger partial charge on any atom is -0.497 e. The van der Waals surface area contributed by atoms with Crippen LogP contribution in [0, 0.1) is 0 Å². The summed E-state index contributed by atoms with van der Waals surface area (Å²) in [5.74, 6) is 0.801. The summed E-state index contributed by atoms with van der Waals surface area (Å²) in [7, 11) is -1.91. The molecule has 26 heavy (non-hydrogen) atoms. The van der Waals surface area contributed by atoms with E-state index in [1.807, 2.05) is 42.5 Å². The van der Waals surface area contributed by atoms with Gasteiger partial charge in [-0.2, -0.15) is 0 Å². The molecule has 0 aliphatic heterocycles. The van der Waals surface area contributed by atoms with Crippen molar-refractivity contribution in [3.63, 3.8) is 0 Å². The van der Waals surface area contributed by atoms with Crippen LogP contribution in [0.4, 0.5) is 5.69 Å². The van der Waals surface area contributed by atoms with Crippen LogP contribution in [0.3, 0.4) is 0 Å². The molecule has 0 saturated carbocycles. The number of hydrogen-bond donors (Lipinski definition) is 2. The van der Waals surface area contributed by atoms with Gasteiger partial charge in [-0.1, -0.05) is 6.07 Å². The van der Waals surface area contributed by atoms with E-state index in [0.29, 0.717) is 9.90 Å². The summed E-state index contributed by atoms with van der Waals surface area (Å²) in [6.07, 6.45) is 0. The first kappa shape index (κ1) is 16.7. The molecule has 2 aromatic heterocycles. The minimum atomic E-state index is -3.55. The van der Waals surface area contributed by atoms with Crippen LogP contribution < -0.4 is 9.46 Å². The Labute approximate surface area is 155 Å². The smallest absolute Gasteiger partial charge is 0.271 e. The molecule has 7 heteroatoms. The highest BCUT2D eigenvalue weighted by molar-refractivity contribution is 7.94. The Morgan fingerprint density at radius 1 is 1.04 bits per heavy atom. The number of anilines is 1. The summed E-state index contributed by atoms with van der Waals surface area (Å²) in [6.45, 7) is 0. The maximum atomic E-state index is 12.4. The number of ether oxygens (including phenoxy) is 1. The fourth-order valence-corrected chi connectivity index (χ4v) is 4.79. The van der Waals surface area contributed by atoms with Gasteiger partial charge in [0.25, 0.3) is 10.0 Å². The maximum absolute atomic E-state index is 12.4. The van der Waals surface area contributed by atoms with Gasteiger partial charge in [-0.25, -0.2) is 8.42 Å². The van der Waals surface area contributed by atoms with Gasteiger partial charge >= 0.3 is 0 Å². The van der Waals surface area contributed by atoms with E-state index >= 15 is 0 Å². The molecule has 0 bridgehead atoms. The number of aromatic amines is 1. The lowest BCUT2D eigenvalue weighted by Crippen LogP contribution is -2.11. The van der Waals surface area contributed by atoms with E-state index in [1.165, 1.54) is 11.3 Å². The number of thiophene rings is 1. The van der Waals surface area contributed by atoms with Crippen molar-refractivity contribution in [2.45, 2.75) is 4.21 Å². The van der Waals surface area contributed by atoms with Crippen molar-refractivity contribution in [1.82, 2.24) is 4.98 Å². The van der Waals surface area contributed by atoms with E-state index < -0.39 is 10.0 Å². The summed E-state index contributed by atoms with van der Waals surface area (Å²) in [5.41, 5.74) is 3.46. The zero-order chi connectivity index (χ0) is 18.1. The highest BCUT2D eigenvalue weighted by atomic mass is 32.2. The molecule has 0 radical (unpaired) electrons. The molecule has 0 aliphatic rings. The zero-order valence-corrected chi connectivity index (χ0v) is 15.5. The molecule has 0 aliphatic carbocycles. The van der Waals surface area contributed by atoms with Gasteiger partial charge in [0, 0.05) is 22.3 Å². The van der Waals surface area contributed by atoms with Crippen molar-refractivity contribution < 1.29 is 13.2 Å². The quantitative estimate of drug-likeness (QED) is 0.524. The first-order valence-corrected chi connectivity index (χ1v) is 10.2. The maximum Gasteiger partial charge on any atom is 0.271 e. The average Bonchev–Trinajstić information content (AvgIpc) is 3.31. The van der Waals surface area contributed by atoms with Crippen molar-refractivity contribution in [2.75, 3.05) is 11.8 Å². The van der Waals surface area contributed by atoms with Crippen LogP contribution in [-0.4, -0.2) is 20.5 Å². The van der Waals surface area contributed by atoms with E-state index in [-0.39, 0.29) is 0 Å². The summed E-state index contributed by atoms with van der Waals surface area (Å²) in [5, 5.41) is 2.67. The number of rotatable bonds is 5. The Hall–Kier alpha value is -2.77. The van der Waals surface area contributed by atoms with Gasteiger partial charge in [0.05, 0.1) is 7.11 Å². The second-order valence-corrected chi connectivity index (χ2v) is 8.61. The summed E-state index contributed by atoms with van der Waals surface area (Å²) >= 11 is 1.19. The van der Waals surface area contributed by atoms with Crippen LogP contribution in [0.2, 0.25) is 0 Å². The fraction of sp³-hybridized carbons (Fsp3) is 0.0526. The molecule has 0 fully saturated rings. The number of H-pyrrole nitrogens is 1. The van der Waals surface area contributed by atoms with Crippen LogP contribution in [-0.2, 0) is 10.0 Å². The number of aromatic nitrogens is 1. The number of benzene rings is 2. The highest BCUT2D eigenvalue weighted by Gasteiger charge is 2.15. The van der Waals surface area contributed by atoms with Gasteiger partial charge in [-0.05, 0) is 65.5 Å². The topological polar surface area (TPSA) is 71.2 Å². The third kappa shape index (κ3) is 3.18. The van der Waals surface area contributed by atoms with Crippen LogP contribution in [0.25, 0.3) is 22.2 Å². The van der Waals surface area contributed by atoms with E-state index in [2.05, 4.69) is 9.71 Å². The standard InChI is InChI=1S/C19H16N2O3S2/c1-24-16-7-4-13(5-8-16)18-12-14-11-15(6-9-17(14)20-18)21-26(22,23)19-3-2-10-25-19/h2-12,20-21H,1H3. The molecule has 0 spiro atoms. The molecule has 4 rings (SSSR count). The molecule has 0 atom stereocenters. The molecule has 2 N–H and O–H groups in total. The molecule has 132 valence electrons. The average molecular weight is 384 g/mol. The van der Waals surface area contributed by atoms with Crippen LogP contribution in [0.1, 0.15) is 0 Å². The lowest BCUT2D eigenvalue weighted by molar-refractivity contribution is 0.415. The summed E-state index contributed by atoms with van der Waals surface area (Å²) in [4.78, 5) is 3.35. The SMILES string of the molecule is COc1ccc(-c2cc3cc(NS(=O)(=O)c4cccs4)ccc3[nH]2)cc1. The van der Waals surface area contributed by atoms with Crippen molar-refractivity contribution >= 4 is 38.0 Å². The highest BCUT2D eigenvalue weighted by Crippen LogP contribution is 2.28. The molecular weight excluding hydrogens is 368 g/mol.